The van der Waals surface area contributed by atoms with Crippen molar-refractivity contribution >= 4 is 11.7 Å². The van der Waals surface area contributed by atoms with Crippen LogP contribution in [0.5, 0.6) is 0 Å². The smallest absolute Gasteiger partial charge is 0.217 e. The Morgan fingerprint density at radius 2 is 2.41 bits per heavy atom. The third kappa shape index (κ3) is 3.15. The van der Waals surface area contributed by atoms with Gasteiger partial charge in [-0.15, -0.1) is 0 Å². The molecule has 5 nitrogen and oxygen atoms in total. The molecular weight excluding hydrogens is 216 g/mol. The van der Waals surface area contributed by atoms with E-state index in [1.165, 1.54) is 0 Å². The lowest BCUT2D eigenvalue weighted by molar-refractivity contribution is -0.118. The molecule has 1 aromatic heterocycles. The maximum absolute atomic E-state index is 10.9. The lowest BCUT2D eigenvalue weighted by atomic mass is 9.94. The number of rotatable bonds is 3. The Labute approximate surface area is 101 Å². The molecule has 1 aliphatic heterocycles. The van der Waals surface area contributed by atoms with E-state index in [1.807, 2.05) is 13.0 Å². The Hall–Kier alpha value is -1.65. The van der Waals surface area contributed by atoms with Crippen molar-refractivity contribution in [2.45, 2.75) is 26.2 Å². The second-order valence-corrected chi connectivity index (χ2v) is 4.64. The summed E-state index contributed by atoms with van der Waals surface area (Å²) in [5.41, 5.74) is 6.21. The summed E-state index contributed by atoms with van der Waals surface area (Å²) in [6.45, 7) is 3.81. The van der Waals surface area contributed by atoms with Gasteiger partial charge in [0.25, 0.3) is 0 Å². The second-order valence-electron chi connectivity index (χ2n) is 4.64. The number of nitrogens with zero attached hydrogens (tertiary/aromatic N) is 3. The molecule has 2 heterocycles. The molecule has 0 aliphatic carbocycles. The van der Waals surface area contributed by atoms with Crippen LogP contribution < -0.4 is 10.6 Å². The highest BCUT2D eigenvalue weighted by molar-refractivity contribution is 5.74. The van der Waals surface area contributed by atoms with E-state index in [0.717, 1.165) is 37.4 Å². The highest BCUT2D eigenvalue weighted by Crippen LogP contribution is 2.23. The van der Waals surface area contributed by atoms with E-state index >= 15 is 0 Å². The number of hydrogen-bond donors (Lipinski definition) is 1. The average molecular weight is 234 g/mol. The Morgan fingerprint density at radius 3 is 3.12 bits per heavy atom. The van der Waals surface area contributed by atoms with Gasteiger partial charge in [-0.25, -0.2) is 9.97 Å². The summed E-state index contributed by atoms with van der Waals surface area (Å²) < 4.78 is 0. The van der Waals surface area contributed by atoms with E-state index in [-0.39, 0.29) is 5.91 Å². The second kappa shape index (κ2) is 5.12. The molecule has 1 aliphatic rings. The molecule has 1 aromatic rings. The van der Waals surface area contributed by atoms with Crippen molar-refractivity contribution in [3.8, 4) is 0 Å². The van der Waals surface area contributed by atoms with Gasteiger partial charge in [-0.1, -0.05) is 0 Å². The number of aryl methyl sites for hydroxylation is 1. The van der Waals surface area contributed by atoms with Gasteiger partial charge >= 0.3 is 0 Å². The van der Waals surface area contributed by atoms with Gasteiger partial charge < -0.3 is 10.6 Å². The number of anilines is 1. The lowest BCUT2D eigenvalue weighted by Gasteiger charge is -2.33. The molecule has 5 heteroatoms. The number of nitrogens with two attached hydrogens (primary N) is 1. The monoisotopic (exact) mass is 234 g/mol. The van der Waals surface area contributed by atoms with Crippen LogP contribution in [0.25, 0.3) is 0 Å². The number of amides is 1. The quantitative estimate of drug-likeness (QED) is 0.842. The molecule has 0 spiro atoms. The highest BCUT2D eigenvalue weighted by Gasteiger charge is 2.22. The fraction of sp³-hybridized carbons (Fsp3) is 0.583. The number of primary amides is 1. The van der Waals surface area contributed by atoms with Crippen molar-refractivity contribution < 1.29 is 4.79 Å². The van der Waals surface area contributed by atoms with Crippen LogP contribution in [0.1, 0.15) is 25.0 Å². The maximum Gasteiger partial charge on any atom is 0.217 e. The third-order valence-corrected chi connectivity index (χ3v) is 3.12. The van der Waals surface area contributed by atoms with Crippen molar-refractivity contribution in [3.63, 3.8) is 0 Å². The van der Waals surface area contributed by atoms with Gasteiger partial charge in [0.15, 0.2) is 0 Å². The molecule has 1 amide bonds. The summed E-state index contributed by atoms with van der Waals surface area (Å²) in [6, 6.07) is 1.98. The first-order valence-corrected chi connectivity index (χ1v) is 5.97. The number of carbonyl (C=O) groups excluding carboxylic acids is 1. The standard InChI is InChI=1S/C12H18N4O/c1-9-5-12(15-8-14-9)16-4-2-3-10(7-16)6-11(13)17/h5,8,10H,2-4,6-7H2,1H3,(H2,13,17). The maximum atomic E-state index is 10.9. The molecule has 92 valence electrons. The SMILES string of the molecule is Cc1cc(N2CCCC(CC(N)=O)C2)ncn1. The summed E-state index contributed by atoms with van der Waals surface area (Å²) in [7, 11) is 0. The van der Waals surface area contributed by atoms with Crippen LogP contribution in [-0.2, 0) is 4.79 Å². The Kier molecular flexibility index (Phi) is 3.56. The molecule has 1 unspecified atom stereocenters. The Bertz CT molecular complexity index is 407. The van der Waals surface area contributed by atoms with Crippen LogP contribution in [0.3, 0.4) is 0 Å². The summed E-state index contributed by atoms with van der Waals surface area (Å²) in [4.78, 5) is 21.5. The van der Waals surface area contributed by atoms with Crippen molar-refractivity contribution in [2.75, 3.05) is 18.0 Å². The predicted molar refractivity (Wildman–Crippen MR) is 65.5 cm³/mol. The van der Waals surface area contributed by atoms with Crippen LogP contribution in [-0.4, -0.2) is 29.0 Å². The minimum absolute atomic E-state index is 0.212. The number of hydrogen-bond acceptors (Lipinski definition) is 4. The molecule has 1 saturated heterocycles. The Balaban J connectivity index is 2.04. The van der Waals surface area contributed by atoms with E-state index in [9.17, 15) is 4.79 Å². The largest absolute Gasteiger partial charge is 0.370 e. The van der Waals surface area contributed by atoms with Crippen LogP contribution in [0, 0.1) is 12.8 Å². The molecule has 0 aromatic carbocycles. The fourth-order valence-electron chi connectivity index (χ4n) is 2.34. The van der Waals surface area contributed by atoms with Gasteiger partial charge in [0.05, 0.1) is 0 Å². The van der Waals surface area contributed by atoms with Crippen LogP contribution in [0.15, 0.2) is 12.4 Å². The van der Waals surface area contributed by atoms with Crippen molar-refractivity contribution in [1.29, 1.82) is 0 Å². The third-order valence-electron chi connectivity index (χ3n) is 3.12. The molecule has 0 radical (unpaired) electrons. The topological polar surface area (TPSA) is 72.1 Å². The molecule has 2 rings (SSSR count). The van der Waals surface area contributed by atoms with Gasteiger partial charge in [0, 0.05) is 31.3 Å². The number of carbonyl (C=O) groups is 1. The van der Waals surface area contributed by atoms with E-state index in [1.54, 1.807) is 6.33 Å². The minimum atomic E-state index is -0.212. The van der Waals surface area contributed by atoms with E-state index < -0.39 is 0 Å². The van der Waals surface area contributed by atoms with Gasteiger partial charge in [0.1, 0.15) is 12.1 Å². The van der Waals surface area contributed by atoms with E-state index in [4.69, 9.17) is 5.73 Å². The van der Waals surface area contributed by atoms with Crippen molar-refractivity contribution in [1.82, 2.24) is 9.97 Å². The summed E-state index contributed by atoms with van der Waals surface area (Å²) in [5.74, 6) is 1.10. The summed E-state index contributed by atoms with van der Waals surface area (Å²) >= 11 is 0. The number of aromatic nitrogens is 2. The Morgan fingerprint density at radius 1 is 1.59 bits per heavy atom. The lowest BCUT2D eigenvalue weighted by Crippen LogP contribution is -2.37. The average Bonchev–Trinajstić information content (AvgIpc) is 2.28. The molecule has 1 atom stereocenters. The first kappa shape index (κ1) is 11.8. The van der Waals surface area contributed by atoms with Crippen LogP contribution in [0.4, 0.5) is 5.82 Å². The van der Waals surface area contributed by atoms with Gasteiger partial charge in [-0.2, -0.15) is 0 Å². The first-order valence-electron chi connectivity index (χ1n) is 5.97. The van der Waals surface area contributed by atoms with Crippen molar-refractivity contribution in [2.24, 2.45) is 11.7 Å². The zero-order valence-corrected chi connectivity index (χ0v) is 10.1. The summed E-state index contributed by atoms with van der Waals surface area (Å²) in [6.07, 6.45) is 4.22. The molecule has 1 fully saturated rings. The van der Waals surface area contributed by atoms with Crippen molar-refractivity contribution in [3.05, 3.63) is 18.1 Å². The molecule has 0 bridgehead atoms. The zero-order chi connectivity index (χ0) is 12.3. The van der Waals surface area contributed by atoms with E-state index in [2.05, 4.69) is 14.9 Å². The van der Waals surface area contributed by atoms with Gasteiger partial charge in [-0.05, 0) is 25.7 Å². The summed E-state index contributed by atoms with van der Waals surface area (Å²) in [5, 5.41) is 0. The van der Waals surface area contributed by atoms with Gasteiger partial charge in [-0.3, -0.25) is 4.79 Å². The first-order chi connectivity index (χ1) is 8.15. The minimum Gasteiger partial charge on any atom is -0.370 e. The molecule has 17 heavy (non-hydrogen) atoms. The molecule has 2 N–H and O–H groups in total. The van der Waals surface area contributed by atoms with Gasteiger partial charge in [0.2, 0.25) is 5.91 Å². The predicted octanol–water partition coefficient (Wildman–Crippen LogP) is 0.877. The van der Waals surface area contributed by atoms with Crippen LogP contribution >= 0.6 is 0 Å². The highest BCUT2D eigenvalue weighted by atomic mass is 16.1. The molecular formula is C12H18N4O. The zero-order valence-electron chi connectivity index (χ0n) is 10.1. The van der Waals surface area contributed by atoms with E-state index in [0.29, 0.717) is 12.3 Å². The number of piperidine rings is 1. The normalized spacial score (nSPS) is 20.3. The molecule has 0 saturated carbocycles. The fourth-order valence-corrected chi connectivity index (χ4v) is 2.34. The van der Waals surface area contributed by atoms with Crippen LogP contribution in [0.2, 0.25) is 0 Å².